The lowest BCUT2D eigenvalue weighted by molar-refractivity contribution is 1.06. The normalized spacial score (nSPS) is 11.3. The van der Waals surface area contributed by atoms with Crippen LogP contribution in [0.3, 0.4) is 0 Å². The Hall–Kier alpha value is -6.18. The first-order chi connectivity index (χ1) is 23.0. The van der Waals surface area contributed by atoms with Crippen LogP contribution in [-0.2, 0) is 13.1 Å². The van der Waals surface area contributed by atoms with Crippen molar-refractivity contribution >= 4 is 23.0 Å². The number of nitrogen functional groups attached to an aromatic ring is 2. The number of hydrogen-bond acceptors (Lipinski definition) is 5. The van der Waals surface area contributed by atoms with Gasteiger partial charge in [-0.05, 0) is 57.6 Å². The van der Waals surface area contributed by atoms with Gasteiger partial charge in [-0.15, -0.1) is 0 Å². The van der Waals surface area contributed by atoms with Crippen LogP contribution in [0.5, 0.6) is 0 Å². The lowest BCUT2D eigenvalue weighted by Crippen LogP contribution is -2.15. The Morgan fingerprint density at radius 3 is 1.34 bits per heavy atom. The van der Waals surface area contributed by atoms with Gasteiger partial charge in [-0.1, -0.05) is 133 Å². The van der Waals surface area contributed by atoms with Crippen LogP contribution in [0.15, 0.2) is 168 Å². The van der Waals surface area contributed by atoms with Gasteiger partial charge in [0.05, 0.1) is 13.1 Å². The Balaban J connectivity index is 0.000000185. The molecule has 0 heterocycles. The number of nitrogens with zero attached hydrogens (tertiary/aromatic N) is 2. The Morgan fingerprint density at radius 1 is 0.468 bits per heavy atom. The maximum atomic E-state index is 6.07. The standard InChI is InChI=1S/C20H20N4.C20H19N3/c21-20(18-7-4-8-19(13-18)24-22)23-14-15-9-11-17(12-10-15)16-5-2-1-3-6-16;21-19-8-4-7-18(13-19)20(22)23-14-15-9-11-17(12-10-15)16-5-2-1-3-6-16/h1-13,24H,14,22H2,(H2,21,23);1-13H,14,21H2,(H2,22,23). The molecule has 0 radical (unpaired) electrons. The third-order valence-electron chi connectivity index (χ3n) is 7.49. The molecule has 0 unspecified atom stereocenters. The number of nitrogens with two attached hydrogens (primary N) is 4. The van der Waals surface area contributed by atoms with Crippen molar-refractivity contribution in [2.75, 3.05) is 11.2 Å². The SMILES string of the molecule is NC(=NCc1ccc(-c2ccccc2)cc1)c1cccc(N)c1.NNc1cccc(C(N)=NCc2ccc(-c3ccccc3)cc2)c1. The molecule has 0 aliphatic carbocycles. The van der Waals surface area contributed by atoms with Gasteiger partial charge < -0.3 is 22.6 Å². The minimum absolute atomic E-state index is 0.499. The molecule has 0 aliphatic rings. The van der Waals surface area contributed by atoms with E-state index in [1.165, 1.54) is 22.3 Å². The fourth-order valence-corrected chi connectivity index (χ4v) is 4.87. The third kappa shape index (κ3) is 9.41. The van der Waals surface area contributed by atoms with E-state index in [-0.39, 0.29) is 0 Å². The zero-order valence-corrected chi connectivity index (χ0v) is 26.1. The smallest absolute Gasteiger partial charge is 0.126 e. The lowest BCUT2D eigenvalue weighted by Gasteiger charge is -2.06. The van der Waals surface area contributed by atoms with Gasteiger partial charge in [0, 0.05) is 22.5 Å². The minimum atomic E-state index is 0.499. The number of hydrogen-bond donors (Lipinski definition) is 5. The monoisotopic (exact) mass is 617 g/mol. The quantitative estimate of drug-likeness (QED) is 0.0378. The van der Waals surface area contributed by atoms with Crippen molar-refractivity contribution in [1.29, 1.82) is 0 Å². The van der Waals surface area contributed by atoms with E-state index in [0.29, 0.717) is 30.4 Å². The first-order valence-electron chi connectivity index (χ1n) is 15.3. The zero-order chi connectivity index (χ0) is 32.8. The number of aliphatic imine (C=N–C) groups is 2. The van der Waals surface area contributed by atoms with Crippen LogP contribution in [0.1, 0.15) is 22.3 Å². The molecule has 0 saturated heterocycles. The molecule has 0 atom stereocenters. The van der Waals surface area contributed by atoms with E-state index in [1.54, 1.807) is 0 Å². The van der Waals surface area contributed by atoms with Crippen LogP contribution in [0, 0.1) is 0 Å². The molecule has 6 rings (SSSR count). The number of nitrogens with one attached hydrogen (secondary N) is 1. The molecule has 7 heteroatoms. The second kappa shape index (κ2) is 16.2. The summed E-state index contributed by atoms with van der Waals surface area (Å²) >= 11 is 0. The van der Waals surface area contributed by atoms with Gasteiger partial charge >= 0.3 is 0 Å². The van der Waals surface area contributed by atoms with E-state index in [9.17, 15) is 0 Å². The van der Waals surface area contributed by atoms with Crippen molar-refractivity contribution in [2.24, 2.45) is 27.3 Å². The molecule has 0 aliphatic heterocycles. The highest BCUT2D eigenvalue weighted by Gasteiger charge is 2.02. The van der Waals surface area contributed by atoms with E-state index in [0.717, 1.165) is 27.9 Å². The highest BCUT2D eigenvalue weighted by atomic mass is 15.2. The Morgan fingerprint density at radius 2 is 0.894 bits per heavy atom. The van der Waals surface area contributed by atoms with E-state index < -0.39 is 0 Å². The molecule has 0 spiro atoms. The van der Waals surface area contributed by atoms with Crippen molar-refractivity contribution < 1.29 is 0 Å². The molecule has 0 fully saturated rings. The average molecular weight is 618 g/mol. The summed E-state index contributed by atoms with van der Waals surface area (Å²) in [7, 11) is 0. The molecule has 7 nitrogen and oxygen atoms in total. The Kier molecular flexibility index (Phi) is 11.1. The molecule has 0 amide bonds. The summed E-state index contributed by atoms with van der Waals surface area (Å²) in [5.41, 5.74) is 30.7. The van der Waals surface area contributed by atoms with Gasteiger partial charge in [-0.25, -0.2) is 0 Å². The molecule has 0 aromatic heterocycles. The third-order valence-corrected chi connectivity index (χ3v) is 7.49. The van der Waals surface area contributed by atoms with Gasteiger partial charge in [0.1, 0.15) is 11.7 Å². The van der Waals surface area contributed by atoms with Crippen LogP contribution in [0.4, 0.5) is 11.4 Å². The molecular weight excluding hydrogens is 578 g/mol. The van der Waals surface area contributed by atoms with E-state index in [2.05, 4.69) is 88.2 Å². The second-order valence-corrected chi connectivity index (χ2v) is 10.9. The van der Waals surface area contributed by atoms with Crippen molar-refractivity contribution in [3.8, 4) is 22.3 Å². The van der Waals surface area contributed by atoms with Gasteiger partial charge in [0.2, 0.25) is 0 Å². The topological polar surface area (TPSA) is 141 Å². The van der Waals surface area contributed by atoms with Crippen molar-refractivity contribution in [1.82, 2.24) is 0 Å². The summed E-state index contributed by atoms with van der Waals surface area (Å²) in [6, 6.07) is 52.4. The van der Waals surface area contributed by atoms with Gasteiger partial charge in [-0.3, -0.25) is 15.8 Å². The summed E-state index contributed by atoms with van der Waals surface area (Å²) < 4.78 is 0. The average Bonchev–Trinajstić information content (AvgIpc) is 3.14. The molecule has 234 valence electrons. The van der Waals surface area contributed by atoms with Gasteiger partial charge in [-0.2, -0.15) is 0 Å². The van der Waals surface area contributed by atoms with E-state index in [1.807, 2.05) is 84.9 Å². The van der Waals surface area contributed by atoms with E-state index >= 15 is 0 Å². The van der Waals surface area contributed by atoms with Gasteiger partial charge in [0.15, 0.2) is 0 Å². The summed E-state index contributed by atoms with van der Waals surface area (Å²) in [6.45, 7) is 1.09. The number of amidine groups is 2. The van der Waals surface area contributed by atoms with Crippen LogP contribution in [-0.4, -0.2) is 11.7 Å². The lowest BCUT2D eigenvalue weighted by atomic mass is 10.0. The summed E-state index contributed by atoms with van der Waals surface area (Å²) in [6.07, 6.45) is 0. The highest BCUT2D eigenvalue weighted by Crippen LogP contribution is 2.21. The first-order valence-corrected chi connectivity index (χ1v) is 15.3. The number of anilines is 2. The van der Waals surface area contributed by atoms with Crippen molar-refractivity contribution in [3.63, 3.8) is 0 Å². The molecule has 9 N–H and O–H groups in total. The number of hydrazine groups is 1. The molecule has 6 aromatic carbocycles. The van der Waals surface area contributed by atoms with E-state index in [4.69, 9.17) is 23.0 Å². The largest absolute Gasteiger partial charge is 0.399 e. The van der Waals surface area contributed by atoms with Crippen LogP contribution < -0.4 is 28.5 Å². The molecule has 6 aromatic rings. The summed E-state index contributed by atoms with van der Waals surface area (Å²) in [5.74, 6) is 6.42. The van der Waals surface area contributed by atoms with Crippen molar-refractivity contribution in [2.45, 2.75) is 13.1 Å². The van der Waals surface area contributed by atoms with Crippen molar-refractivity contribution in [3.05, 3.63) is 180 Å². The highest BCUT2D eigenvalue weighted by molar-refractivity contribution is 5.98. The first kappa shape index (κ1) is 32.2. The summed E-state index contributed by atoms with van der Waals surface area (Å²) in [5, 5.41) is 0. The molecular formula is C40H39N7. The number of benzene rings is 6. The van der Waals surface area contributed by atoms with Crippen LogP contribution in [0.25, 0.3) is 22.3 Å². The second-order valence-electron chi connectivity index (χ2n) is 10.9. The van der Waals surface area contributed by atoms with Crippen LogP contribution in [0.2, 0.25) is 0 Å². The predicted molar refractivity (Wildman–Crippen MR) is 198 cm³/mol. The van der Waals surface area contributed by atoms with Gasteiger partial charge in [0.25, 0.3) is 0 Å². The Bertz CT molecular complexity index is 1920. The molecule has 47 heavy (non-hydrogen) atoms. The molecule has 0 bridgehead atoms. The predicted octanol–water partition coefficient (Wildman–Crippen LogP) is 7.39. The molecule has 0 saturated carbocycles. The minimum Gasteiger partial charge on any atom is -0.399 e. The maximum Gasteiger partial charge on any atom is 0.126 e. The fraction of sp³-hybridized carbons (Fsp3) is 0.0500. The van der Waals surface area contributed by atoms with Crippen LogP contribution >= 0.6 is 0 Å². The summed E-state index contributed by atoms with van der Waals surface area (Å²) in [4.78, 5) is 8.92. The fourth-order valence-electron chi connectivity index (χ4n) is 4.87. The Labute approximate surface area is 276 Å². The number of rotatable bonds is 9. The maximum absolute atomic E-state index is 6.07. The zero-order valence-electron chi connectivity index (χ0n) is 26.1.